The standard InChI is InChI=1S/C13H17Cl2NO3.3C2H6/c1-9(13(17)18-7-6-16(2)3)19-12-5-4-10(14)8-11(12)15;3*1-2/h4-5,8-9H,6-7H2,1-3H3;3*1-2H3. The minimum Gasteiger partial charge on any atom is -0.477 e. The second-order valence-corrected chi connectivity index (χ2v) is 5.15. The van der Waals surface area contributed by atoms with Gasteiger partial charge in [0.2, 0.25) is 0 Å². The molecule has 1 atom stereocenters. The van der Waals surface area contributed by atoms with Gasteiger partial charge in [-0.3, -0.25) is 0 Å². The minimum atomic E-state index is -0.721. The summed E-state index contributed by atoms with van der Waals surface area (Å²) in [6.07, 6.45) is -0.721. The predicted molar refractivity (Wildman–Crippen MR) is 110 cm³/mol. The molecule has 0 heterocycles. The number of hydrogen-bond acceptors (Lipinski definition) is 4. The van der Waals surface area contributed by atoms with E-state index in [1.54, 1.807) is 25.1 Å². The molecular formula is C19H35Cl2NO3. The van der Waals surface area contributed by atoms with Crippen molar-refractivity contribution in [3.05, 3.63) is 28.2 Å². The van der Waals surface area contributed by atoms with Crippen LogP contribution in [0, 0.1) is 0 Å². The molecule has 4 nitrogen and oxygen atoms in total. The maximum absolute atomic E-state index is 11.7. The van der Waals surface area contributed by atoms with E-state index < -0.39 is 12.1 Å². The fourth-order valence-electron chi connectivity index (χ4n) is 1.26. The fraction of sp³-hybridized carbons (Fsp3) is 0.632. The van der Waals surface area contributed by atoms with Crippen LogP contribution >= 0.6 is 23.2 Å². The Bertz CT molecular complexity index is 441. The van der Waals surface area contributed by atoms with Crippen molar-refractivity contribution in [3.63, 3.8) is 0 Å². The highest BCUT2D eigenvalue weighted by molar-refractivity contribution is 6.35. The molecule has 1 aromatic carbocycles. The average Bonchev–Trinajstić information content (AvgIpc) is 2.62. The quantitative estimate of drug-likeness (QED) is 0.558. The Morgan fingerprint density at radius 3 is 2.04 bits per heavy atom. The van der Waals surface area contributed by atoms with Gasteiger partial charge in [-0.05, 0) is 39.2 Å². The predicted octanol–water partition coefficient (Wildman–Crippen LogP) is 5.94. The van der Waals surface area contributed by atoms with E-state index in [2.05, 4.69) is 0 Å². The van der Waals surface area contributed by atoms with Crippen LogP contribution in [0.2, 0.25) is 10.0 Å². The third-order valence-electron chi connectivity index (χ3n) is 2.31. The van der Waals surface area contributed by atoms with Gasteiger partial charge in [-0.2, -0.15) is 0 Å². The molecule has 0 spiro atoms. The smallest absolute Gasteiger partial charge is 0.347 e. The molecular weight excluding hydrogens is 361 g/mol. The normalized spacial score (nSPS) is 10.1. The van der Waals surface area contributed by atoms with Crippen LogP contribution in [0.5, 0.6) is 5.75 Å². The van der Waals surface area contributed by atoms with Gasteiger partial charge in [-0.15, -0.1) is 0 Å². The van der Waals surface area contributed by atoms with Crippen LogP contribution in [-0.4, -0.2) is 44.2 Å². The summed E-state index contributed by atoms with van der Waals surface area (Å²) in [7, 11) is 3.81. The van der Waals surface area contributed by atoms with Crippen LogP contribution in [0.4, 0.5) is 0 Å². The maximum Gasteiger partial charge on any atom is 0.347 e. The average molecular weight is 396 g/mol. The first-order valence-electron chi connectivity index (χ1n) is 8.83. The summed E-state index contributed by atoms with van der Waals surface area (Å²) in [6, 6.07) is 4.82. The first-order chi connectivity index (χ1) is 11.9. The van der Waals surface area contributed by atoms with E-state index in [-0.39, 0.29) is 0 Å². The molecule has 0 amide bonds. The summed E-state index contributed by atoms with van der Waals surface area (Å²) < 4.78 is 10.5. The van der Waals surface area contributed by atoms with Gasteiger partial charge in [0, 0.05) is 11.6 Å². The van der Waals surface area contributed by atoms with Crippen molar-refractivity contribution in [1.29, 1.82) is 0 Å². The molecule has 0 radical (unpaired) electrons. The van der Waals surface area contributed by atoms with Gasteiger partial charge in [0.05, 0.1) is 5.02 Å². The van der Waals surface area contributed by atoms with Crippen LogP contribution in [-0.2, 0) is 9.53 Å². The van der Waals surface area contributed by atoms with Crippen molar-refractivity contribution < 1.29 is 14.3 Å². The van der Waals surface area contributed by atoms with Crippen LogP contribution in [0.25, 0.3) is 0 Å². The van der Waals surface area contributed by atoms with Crippen molar-refractivity contribution >= 4 is 29.2 Å². The zero-order valence-electron chi connectivity index (χ0n) is 17.2. The molecule has 0 aromatic heterocycles. The molecule has 0 saturated carbocycles. The molecule has 0 fully saturated rings. The van der Waals surface area contributed by atoms with Gasteiger partial charge in [0.1, 0.15) is 12.4 Å². The van der Waals surface area contributed by atoms with Gasteiger partial charge in [-0.25, -0.2) is 4.79 Å². The molecule has 1 unspecified atom stereocenters. The number of carbonyl (C=O) groups is 1. The monoisotopic (exact) mass is 395 g/mol. The molecule has 0 aliphatic heterocycles. The lowest BCUT2D eigenvalue weighted by molar-refractivity contribution is -0.151. The van der Waals surface area contributed by atoms with Crippen LogP contribution < -0.4 is 4.74 Å². The highest BCUT2D eigenvalue weighted by Gasteiger charge is 2.17. The first-order valence-corrected chi connectivity index (χ1v) is 9.59. The van der Waals surface area contributed by atoms with Crippen molar-refractivity contribution in [2.45, 2.75) is 54.6 Å². The van der Waals surface area contributed by atoms with E-state index in [1.807, 2.05) is 60.5 Å². The molecule has 0 bridgehead atoms. The van der Waals surface area contributed by atoms with Gasteiger partial charge in [-0.1, -0.05) is 64.7 Å². The summed E-state index contributed by atoms with van der Waals surface area (Å²) >= 11 is 11.7. The number of halogens is 2. The van der Waals surface area contributed by atoms with Crippen molar-refractivity contribution in [1.82, 2.24) is 4.90 Å². The molecule has 0 saturated heterocycles. The SMILES string of the molecule is CC.CC.CC.CC(Oc1ccc(Cl)cc1Cl)C(=O)OCCN(C)C. The van der Waals surface area contributed by atoms with Crippen molar-refractivity contribution in [2.24, 2.45) is 0 Å². The Hall–Kier alpha value is -0.970. The zero-order chi connectivity index (χ0) is 20.4. The fourth-order valence-corrected chi connectivity index (χ4v) is 1.71. The number of esters is 1. The summed E-state index contributed by atoms with van der Waals surface area (Å²) in [5, 5.41) is 0.874. The Kier molecular flexibility index (Phi) is 22.3. The van der Waals surface area contributed by atoms with E-state index in [0.29, 0.717) is 28.9 Å². The van der Waals surface area contributed by atoms with Gasteiger partial charge >= 0.3 is 5.97 Å². The number of ether oxygens (including phenoxy) is 2. The molecule has 1 aromatic rings. The second kappa shape index (κ2) is 19.4. The van der Waals surface area contributed by atoms with Crippen LogP contribution in [0.1, 0.15) is 48.5 Å². The highest BCUT2D eigenvalue weighted by atomic mass is 35.5. The van der Waals surface area contributed by atoms with Gasteiger partial charge in [0.15, 0.2) is 6.10 Å². The van der Waals surface area contributed by atoms with Gasteiger partial charge in [0.25, 0.3) is 0 Å². The Balaban J connectivity index is -0.000000725. The van der Waals surface area contributed by atoms with Gasteiger partial charge < -0.3 is 14.4 Å². The number of hydrogen-bond donors (Lipinski definition) is 0. The molecule has 148 valence electrons. The lowest BCUT2D eigenvalue weighted by Crippen LogP contribution is -2.29. The third-order valence-corrected chi connectivity index (χ3v) is 2.84. The number of rotatable bonds is 6. The molecule has 0 aliphatic carbocycles. The molecule has 0 aliphatic rings. The molecule has 0 N–H and O–H groups in total. The number of carbonyl (C=O) groups excluding carboxylic acids is 1. The minimum absolute atomic E-state index is 0.327. The maximum atomic E-state index is 11.7. The number of benzene rings is 1. The summed E-state index contributed by atoms with van der Waals surface area (Å²) in [5.74, 6) is -0.0176. The van der Waals surface area contributed by atoms with Crippen molar-refractivity contribution in [3.8, 4) is 5.75 Å². The second-order valence-electron chi connectivity index (χ2n) is 4.31. The van der Waals surface area contributed by atoms with Crippen molar-refractivity contribution in [2.75, 3.05) is 27.2 Å². The zero-order valence-corrected chi connectivity index (χ0v) is 18.7. The largest absolute Gasteiger partial charge is 0.477 e. The lowest BCUT2D eigenvalue weighted by Gasteiger charge is -2.16. The molecule has 25 heavy (non-hydrogen) atoms. The Morgan fingerprint density at radius 1 is 1.08 bits per heavy atom. The summed E-state index contributed by atoms with van der Waals surface area (Å²) in [4.78, 5) is 13.6. The lowest BCUT2D eigenvalue weighted by atomic mass is 10.3. The summed E-state index contributed by atoms with van der Waals surface area (Å²) in [5.41, 5.74) is 0. The van der Waals surface area contributed by atoms with E-state index in [9.17, 15) is 4.79 Å². The van der Waals surface area contributed by atoms with Crippen LogP contribution in [0.3, 0.4) is 0 Å². The highest BCUT2D eigenvalue weighted by Crippen LogP contribution is 2.28. The van der Waals surface area contributed by atoms with E-state index in [4.69, 9.17) is 32.7 Å². The van der Waals surface area contributed by atoms with E-state index in [1.165, 1.54) is 0 Å². The van der Waals surface area contributed by atoms with Crippen LogP contribution in [0.15, 0.2) is 18.2 Å². The van der Waals surface area contributed by atoms with E-state index >= 15 is 0 Å². The molecule has 1 rings (SSSR count). The molecule has 6 heteroatoms. The third kappa shape index (κ3) is 15.0. The topological polar surface area (TPSA) is 38.8 Å². The number of nitrogens with zero attached hydrogens (tertiary/aromatic N) is 1. The summed E-state index contributed by atoms with van der Waals surface area (Å²) in [6.45, 7) is 14.6. The Morgan fingerprint density at radius 2 is 1.60 bits per heavy atom. The first kappa shape index (κ1) is 28.8. The Labute approximate surface area is 164 Å². The number of likely N-dealkylation sites (N-methyl/N-ethyl adjacent to an activating group) is 1. The van der Waals surface area contributed by atoms with E-state index in [0.717, 1.165) is 0 Å².